The van der Waals surface area contributed by atoms with E-state index in [-0.39, 0.29) is 23.6 Å². The summed E-state index contributed by atoms with van der Waals surface area (Å²) in [5.41, 5.74) is 0.450. The lowest BCUT2D eigenvalue weighted by molar-refractivity contribution is -0.119. The highest BCUT2D eigenvalue weighted by Crippen LogP contribution is 2.23. The van der Waals surface area contributed by atoms with Gasteiger partial charge in [-0.05, 0) is 25.0 Å². The first kappa shape index (κ1) is 15.6. The van der Waals surface area contributed by atoms with Gasteiger partial charge in [0.2, 0.25) is 5.91 Å². The van der Waals surface area contributed by atoms with Crippen molar-refractivity contribution in [3.63, 3.8) is 0 Å². The van der Waals surface area contributed by atoms with Crippen molar-refractivity contribution >= 4 is 29.3 Å². The van der Waals surface area contributed by atoms with Gasteiger partial charge in [-0.3, -0.25) is 4.79 Å². The van der Waals surface area contributed by atoms with Crippen molar-refractivity contribution in [2.45, 2.75) is 24.7 Å². The fraction of sp³-hybridized carbons (Fsp3) is 0.500. The average molecular weight is 318 g/mol. The molecule has 0 radical (unpaired) electrons. The van der Waals surface area contributed by atoms with Crippen molar-refractivity contribution in [2.75, 3.05) is 18.9 Å². The Kier molecular flexibility index (Phi) is 6.13. The van der Waals surface area contributed by atoms with Crippen molar-refractivity contribution in [2.24, 2.45) is 0 Å². The van der Waals surface area contributed by atoms with Crippen LogP contribution in [0.4, 0.5) is 4.39 Å². The molecule has 0 saturated carbocycles. The smallest absolute Gasteiger partial charge is 0.230 e. The van der Waals surface area contributed by atoms with Crippen LogP contribution in [0.2, 0.25) is 5.02 Å². The first-order chi connectivity index (χ1) is 9.66. The van der Waals surface area contributed by atoms with E-state index in [1.54, 1.807) is 12.1 Å². The number of carbonyl (C=O) groups is 1. The van der Waals surface area contributed by atoms with E-state index in [0.29, 0.717) is 22.9 Å². The lowest BCUT2D eigenvalue weighted by Gasteiger charge is -2.10. The Labute approximate surface area is 127 Å². The molecule has 110 valence electrons. The number of thioether (sulfide) groups is 1. The third-order valence-corrected chi connectivity index (χ3v) is 4.41. The van der Waals surface area contributed by atoms with Gasteiger partial charge in [0.25, 0.3) is 0 Å². The predicted octanol–water partition coefficient (Wildman–Crippen LogP) is 3.01. The largest absolute Gasteiger partial charge is 0.376 e. The second-order valence-corrected chi connectivity index (χ2v) is 6.02. The molecule has 1 aliphatic rings. The molecule has 2 rings (SSSR count). The van der Waals surface area contributed by atoms with Crippen LogP contribution in [0.1, 0.15) is 18.4 Å². The van der Waals surface area contributed by atoms with Crippen LogP contribution < -0.4 is 5.32 Å². The Bertz CT molecular complexity index is 446. The monoisotopic (exact) mass is 317 g/mol. The van der Waals surface area contributed by atoms with Crippen LogP contribution >= 0.6 is 23.4 Å². The van der Waals surface area contributed by atoms with Crippen molar-refractivity contribution in [1.82, 2.24) is 5.32 Å². The summed E-state index contributed by atoms with van der Waals surface area (Å²) in [6, 6.07) is 4.59. The van der Waals surface area contributed by atoms with Crippen molar-refractivity contribution < 1.29 is 13.9 Å². The fourth-order valence-corrected chi connectivity index (χ4v) is 3.20. The van der Waals surface area contributed by atoms with Crippen LogP contribution in [0.5, 0.6) is 0 Å². The van der Waals surface area contributed by atoms with E-state index in [9.17, 15) is 9.18 Å². The zero-order valence-electron chi connectivity index (χ0n) is 11.0. The summed E-state index contributed by atoms with van der Waals surface area (Å²) in [6.07, 6.45) is 2.20. The number of nitrogens with one attached hydrogen (secondary N) is 1. The van der Waals surface area contributed by atoms with Gasteiger partial charge in [-0.1, -0.05) is 17.7 Å². The van der Waals surface area contributed by atoms with Gasteiger partial charge in [-0.25, -0.2) is 4.39 Å². The molecule has 0 unspecified atom stereocenters. The van der Waals surface area contributed by atoms with E-state index < -0.39 is 0 Å². The molecule has 1 saturated heterocycles. The highest BCUT2D eigenvalue weighted by Gasteiger charge is 2.16. The first-order valence-electron chi connectivity index (χ1n) is 6.55. The maximum absolute atomic E-state index is 13.5. The molecule has 1 fully saturated rings. The van der Waals surface area contributed by atoms with Crippen LogP contribution in [0.15, 0.2) is 18.2 Å². The molecule has 0 spiro atoms. The first-order valence-corrected chi connectivity index (χ1v) is 8.09. The molecule has 0 aromatic heterocycles. The molecule has 0 aliphatic carbocycles. The highest BCUT2D eigenvalue weighted by atomic mass is 35.5. The fourth-order valence-electron chi connectivity index (χ4n) is 2.00. The molecule has 0 bridgehead atoms. The average Bonchev–Trinajstić information content (AvgIpc) is 2.93. The maximum atomic E-state index is 13.5. The van der Waals surface area contributed by atoms with Gasteiger partial charge in [0, 0.05) is 29.5 Å². The molecule has 6 heteroatoms. The van der Waals surface area contributed by atoms with E-state index in [1.807, 2.05) is 0 Å². The van der Waals surface area contributed by atoms with Gasteiger partial charge in [-0.15, -0.1) is 11.8 Å². The lowest BCUT2D eigenvalue weighted by atomic mass is 10.2. The van der Waals surface area contributed by atoms with E-state index in [2.05, 4.69) is 5.32 Å². The molecule has 1 aromatic rings. The molecule has 20 heavy (non-hydrogen) atoms. The Morgan fingerprint density at radius 3 is 3.10 bits per heavy atom. The second-order valence-electron chi connectivity index (χ2n) is 4.63. The molecule has 1 amide bonds. The minimum Gasteiger partial charge on any atom is -0.376 e. The van der Waals surface area contributed by atoms with E-state index in [1.165, 1.54) is 17.8 Å². The zero-order valence-corrected chi connectivity index (χ0v) is 12.6. The Balaban J connectivity index is 1.68. The summed E-state index contributed by atoms with van der Waals surface area (Å²) >= 11 is 7.27. The minimum absolute atomic E-state index is 0.0574. The van der Waals surface area contributed by atoms with Gasteiger partial charge >= 0.3 is 0 Å². The minimum atomic E-state index is -0.329. The Morgan fingerprint density at radius 1 is 1.55 bits per heavy atom. The van der Waals surface area contributed by atoms with Gasteiger partial charge in [0.05, 0.1) is 11.9 Å². The van der Waals surface area contributed by atoms with Crippen LogP contribution in [0.25, 0.3) is 0 Å². The molecule has 1 heterocycles. The number of hydrogen-bond acceptors (Lipinski definition) is 3. The number of carbonyl (C=O) groups excluding carboxylic acids is 1. The van der Waals surface area contributed by atoms with Crippen LogP contribution in [0, 0.1) is 5.82 Å². The standard InChI is InChI=1S/C14H17ClFNO2S/c15-12-4-1-5-13(16)11(12)8-20-9-14(18)17-7-10-3-2-6-19-10/h1,4-5,10H,2-3,6-9H2,(H,17,18)/t10-/m0/s1. The molecule has 1 N–H and O–H groups in total. The molecular weight excluding hydrogens is 301 g/mol. The highest BCUT2D eigenvalue weighted by molar-refractivity contribution is 7.99. The van der Waals surface area contributed by atoms with Crippen LogP contribution in [-0.4, -0.2) is 30.9 Å². The van der Waals surface area contributed by atoms with Gasteiger partial charge < -0.3 is 10.1 Å². The third kappa shape index (κ3) is 4.65. The number of ether oxygens (including phenoxy) is 1. The van der Waals surface area contributed by atoms with E-state index in [0.717, 1.165) is 19.4 Å². The Morgan fingerprint density at radius 2 is 2.40 bits per heavy atom. The normalized spacial score (nSPS) is 18.2. The number of hydrogen-bond donors (Lipinski definition) is 1. The van der Waals surface area contributed by atoms with Crippen molar-refractivity contribution in [1.29, 1.82) is 0 Å². The Hall–Kier alpha value is -0.780. The molecule has 1 aliphatic heterocycles. The quantitative estimate of drug-likeness (QED) is 0.876. The topological polar surface area (TPSA) is 38.3 Å². The van der Waals surface area contributed by atoms with E-state index in [4.69, 9.17) is 16.3 Å². The number of halogens is 2. The zero-order chi connectivity index (χ0) is 14.4. The summed E-state index contributed by atoms with van der Waals surface area (Å²) in [5.74, 6) is 0.290. The molecule has 1 aromatic carbocycles. The van der Waals surface area contributed by atoms with Crippen molar-refractivity contribution in [3.05, 3.63) is 34.6 Å². The number of rotatable bonds is 6. The SMILES string of the molecule is O=C(CSCc1c(F)cccc1Cl)NC[C@@H]1CCCO1. The second kappa shape index (κ2) is 7.86. The third-order valence-electron chi connectivity index (χ3n) is 3.09. The van der Waals surface area contributed by atoms with Gasteiger partial charge in [0.15, 0.2) is 0 Å². The summed E-state index contributed by atoms with van der Waals surface area (Å²) in [4.78, 5) is 11.6. The summed E-state index contributed by atoms with van der Waals surface area (Å²) in [6.45, 7) is 1.33. The van der Waals surface area contributed by atoms with E-state index >= 15 is 0 Å². The van der Waals surface area contributed by atoms with Crippen molar-refractivity contribution in [3.8, 4) is 0 Å². The van der Waals surface area contributed by atoms with Crippen LogP contribution in [-0.2, 0) is 15.3 Å². The predicted molar refractivity (Wildman–Crippen MR) is 79.6 cm³/mol. The molecule has 1 atom stereocenters. The van der Waals surface area contributed by atoms with Gasteiger partial charge in [-0.2, -0.15) is 0 Å². The lowest BCUT2D eigenvalue weighted by Crippen LogP contribution is -2.32. The molecular formula is C14H17ClFNO2S. The number of benzene rings is 1. The maximum Gasteiger partial charge on any atom is 0.230 e. The summed E-state index contributed by atoms with van der Waals surface area (Å²) < 4.78 is 18.9. The van der Waals surface area contributed by atoms with Crippen LogP contribution in [0.3, 0.4) is 0 Å². The summed E-state index contributed by atoms with van der Waals surface area (Å²) in [7, 11) is 0. The summed E-state index contributed by atoms with van der Waals surface area (Å²) in [5, 5.41) is 3.23. The molecule has 3 nitrogen and oxygen atoms in total. The van der Waals surface area contributed by atoms with Gasteiger partial charge in [0.1, 0.15) is 5.82 Å². The number of amides is 1.